The fourth-order valence-electron chi connectivity index (χ4n) is 3.05. The lowest BCUT2D eigenvalue weighted by Gasteiger charge is -2.15. The van der Waals surface area contributed by atoms with Crippen LogP contribution in [-0.2, 0) is 4.79 Å². The molecule has 0 fully saturated rings. The van der Waals surface area contributed by atoms with Gasteiger partial charge in [-0.1, -0.05) is 52.3 Å². The van der Waals surface area contributed by atoms with Crippen molar-refractivity contribution in [1.82, 2.24) is 0 Å². The van der Waals surface area contributed by atoms with Gasteiger partial charge in [0.15, 0.2) is 0 Å². The number of benzene rings is 3. The lowest BCUT2D eigenvalue weighted by Crippen LogP contribution is -2.10. The van der Waals surface area contributed by atoms with Crippen molar-refractivity contribution in [1.29, 1.82) is 5.26 Å². The number of rotatable bonds is 3. The number of nitrogens with one attached hydrogen (secondary N) is 2. The fraction of sp³-hybridized carbons (Fsp3) is 0. The van der Waals surface area contributed by atoms with E-state index in [9.17, 15) is 4.79 Å². The van der Waals surface area contributed by atoms with Crippen LogP contribution in [0.4, 0.5) is 11.4 Å². The summed E-state index contributed by atoms with van der Waals surface area (Å²) < 4.78 is 0.981. The maximum absolute atomic E-state index is 12.8. The molecule has 2 N–H and O–H groups in total. The highest BCUT2D eigenvalue weighted by molar-refractivity contribution is 9.10. The molecule has 1 aliphatic rings. The van der Waals surface area contributed by atoms with Gasteiger partial charge in [-0.25, -0.2) is 0 Å². The van der Waals surface area contributed by atoms with Crippen molar-refractivity contribution < 1.29 is 4.79 Å². The molecule has 130 valence electrons. The summed E-state index contributed by atoms with van der Waals surface area (Å²) in [5.74, 6) is -0.191. The fourth-order valence-corrected chi connectivity index (χ4v) is 3.32. The molecule has 3 aromatic carbocycles. The second-order valence-electron chi connectivity index (χ2n) is 6.07. The van der Waals surface area contributed by atoms with Gasteiger partial charge in [-0.3, -0.25) is 4.79 Å². The number of nitriles is 1. The van der Waals surface area contributed by atoms with Crippen LogP contribution in [0.1, 0.15) is 16.7 Å². The van der Waals surface area contributed by atoms with Gasteiger partial charge in [0.05, 0.1) is 28.6 Å². The lowest BCUT2D eigenvalue weighted by molar-refractivity contribution is -0.110. The van der Waals surface area contributed by atoms with Gasteiger partial charge in [-0.05, 0) is 42.0 Å². The van der Waals surface area contributed by atoms with Crippen LogP contribution >= 0.6 is 15.9 Å². The monoisotopic (exact) mass is 415 g/mol. The molecule has 1 heterocycles. The van der Waals surface area contributed by atoms with E-state index in [0.29, 0.717) is 16.8 Å². The van der Waals surface area contributed by atoms with Crippen LogP contribution in [0.2, 0.25) is 0 Å². The van der Waals surface area contributed by atoms with E-state index in [1.165, 1.54) is 0 Å². The van der Waals surface area contributed by atoms with E-state index >= 15 is 0 Å². The summed E-state index contributed by atoms with van der Waals surface area (Å²) in [6.07, 6.45) is 0. The highest BCUT2D eigenvalue weighted by Gasteiger charge is 2.28. The minimum Gasteiger partial charge on any atom is -0.354 e. The van der Waals surface area contributed by atoms with Crippen molar-refractivity contribution in [3.63, 3.8) is 0 Å². The first kappa shape index (κ1) is 17.1. The van der Waals surface area contributed by atoms with Crippen molar-refractivity contribution in [3.05, 3.63) is 94.0 Å². The summed E-state index contributed by atoms with van der Waals surface area (Å²) in [7, 11) is 0. The van der Waals surface area contributed by atoms with Gasteiger partial charge < -0.3 is 10.6 Å². The molecule has 4 nitrogen and oxygen atoms in total. The van der Waals surface area contributed by atoms with Crippen molar-refractivity contribution in [2.45, 2.75) is 0 Å². The van der Waals surface area contributed by atoms with E-state index in [-0.39, 0.29) is 5.91 Å². The Morgan fingerprint density at radius 2 is 1.74 bits per heavy atom. The number of carbonyl (C=O) groups excluding carboxylic acids is 1. The quantitative estimate of drug-likeness (QED) is 0.573. The van der Waals surface area contributed by atoms with E-state index < -0.39 is 0 Å². The third kappa shape index (κ3) is 3.35. The normalized spacial score (nSPS) is 14.1. The van der Waals surface area contributed by atoms with Crippen molar-refractivity contribution in [3.8, 4) is 6.07 Å². The topological polar surface area (TPSA) is 64.9 Å². The SMILES string of the molecule is N#Cc1ccc2c(c1)NC(=O)C2=C(Nc1ccc(Br)cc1)c1ccccc1. The first-order valence-electron chi connectivity index (χ1n) is 8.34. The highest BCUT2D eigenvalue weighted by atomic mass is 79.9. The molecule has 0 bridgehead atoms. The summed E-state index contributed by atoms with van der Waals surface area (Å²) in [6, 6.07) is 24.8. The number of carbonyl (C=O) groups is 1. The van der Waals surface area contributed by atoms with Crippen LogP contribution in [0, 0.1) is 11.3 Å². The maximum atomic E-state index is 12.8. The largest absolute Gasteiger partial charge is 0.354 e. The predicted molar refractivity (Wildman–Crippen MR) is 111 cm³/mol. The molecule has 0 aliphatic carbocycles. The standard InChI is InChI=1S/C22H14BrN3O/c23-16-7-9-17(10-8-16)25-21(15-4-2-1-3-5-15)20-18-11-6-14(13-24)12-19(18)26-22(20)27/h1-12,25H,(H,26,27). The minimum atomic E-state index is -0.191. The van der Waals surface area contributed by atoms with E-state index in [1.807, 2.05) is 60.7 Å². The van der Waals surface area contributed by atoms with E-state index in [1.54, 1.807) is 12.1 Å². The molecule has 3 aromatic rings. The number of anilines is 2. The summed E-state index contributed by atoms with van der Waals surface area (Å²) in [5.41, 5.74) is 5.00. The zero-order chi connectivity index (χ0) is 18.8. The van der Waals surface area contributed by atoms with E-state index in [4.69, 9.17) is 5.26 Å². The van der Waals surface area contributed by atoms with E-state index in [0.717, 1.165) is 27.0 Å². The average molecular weight is 416 g/mol. The maximum Gasteiger partial charge on any atom is 0.258 e. The third-order valence-corrected chi connectivity index (χ3v) is 4.85. The number of hydrogen-bond donors (Lipinski definition) is 2. The molecule has 0 saturated heterocycles. The van der Waals surface area contributed by atoms with Gasteiger partial charge in [0.1, 0.15) is 0 Å². The zero-order valence-corrected chi connectivity index (χ0v) is 15.7. The third-order valence-electron chi connectivity index (χ3n) is 4.32. The van der Waals surface area contributed by atoms with Crippen molar-refractivity contribution >= 4 is 44.5 Å². The van der Waals surface area contributed by atoms with Gasteiger partial charge in [-0.2, -0.15) is 5.26 Å². The van der Waals surface area contributed by atoms with Crippen molar-refractivity contribution in [2.75, 3.05) is 10.6 Å². The van der Waals surface area contributed by atoms with Crippen LogP contribution < -0.4 is 10.6 Å². The molecule has 0 atom stereocenters. The molecule has 0 spiro atoms. The molecule has 27 heavy (non-hydrogen) atoms. The van der Waals surface area contributed by atoms with Crippen LogP contribution in [0.15, 0.2) is 77.3 Å². The lowest BCUT2D eigenvalue weighted by atomic mass is 9.99. The molecular weight excluding hydrogens is 402 g/mol. The van der Waals surface area contributed by atoms with Gasteiger partial charge in [-0.15, -0.1) is 0 Å². The van der Waals surface area contributed by atoms with Crippen LogP contribution in [0.5, 0.6) is 0 Å². The van der Waals surface area contributed by atoms with Crippen LogP contribution in [0.25, 0.3) is 11.3 Å². The molecule has 0 radical (unpaired) electrons. The minimum absolute atomic E-state index is 0.191. The average Bonchev–Trinajstić information content (AvgIpc) is 3.03. The molecule has 5 heteroatoms. The Morgan fingerprint density at radius 1 is 1.00 bits per heavy atom. The number of hydrogen-bond acceptors (Lipinski definition) is 3. The van der Waals surface area contributed by atoms with Gasteiger partial charge >= 0.3 is 0 Å². The summed E-state index contributed by atoms with van der Waals surface area (Å²) >= 11 is 3.44. The molecule has 0 saturated carbocycles. The summed E-state index contributed by atoms with van der Waals surface area (Å²) in [6.45, 7) is 0. The first-order chi connectivity index (χ1) is 13.2. The predicted octanol–water partition coefficient (Wildman–Crippen LogP) is 5.25. The number of halogens is 1. The Labute approximate surface area is 165 Å². The summed E-state index contributed by atoms with van der Waals surface area (Å²) in [4.78, 5) is 12.8. The first-order valence-corrected chi connectivity index (χ1v) is 9.13. The molecule has 1 amide bonds. The second kappa shape index (κ2) is 7.10. The van der Waals surface area contributed by atoms with Gasteiger partial charge in [0.25, 0.3) is 5.91 Å². The molecule has 4 rings (SSSR count). The van der Waals surface area contributed by atoms with Crippen molar-refractivity contribution in [2.24, 2.45) is 0 Å². The number of amides is 1. The van der Waals surface area contributed by atoms with Gasteiger partial charge in [0, 0.05) is 15.7 Å². The molecule has 1 aliphatic heterocycles. The Morgan fingerprint density at radius 3 is 2.44 bits per heavy atom. The Bertz CT molecular complexity index is 1100. The number of fused-ring (bicyclic) bond motifs is 1. The zero-order valence-electron chi connectivity index (χ0n) is 14.2. The van der Waals surface area contributed by atoms with Crippen LogP contribution in [-0.4, -0.2) is 5.91 Å². The Hall–Kier alpha value is -3.36. The Balaban J connectivity index is 1.89. The highest BCUT2D eigenvalue weighted by Crippen LogP contribution is 2.38. The smallest absolute Gasteiger partial charge is 0.258 e. The molecule has 0 aromatic heterocycles. The number of nitrogens with zero attached hydrogens (tertiary/aromatic N) is 1. The Kier molecular flexibility index (Phi) is 4.49. The van der Waals surface area contributed by atoms with Gasteiger partial charge in [0.2, 0.25) is 0 Å². The van der Waals surface area contributed by atoms with E-state index in [2.05, 4.69) is 32.6 Å². The molecular formula is C22H14BrN3O. The molecule has 0 unspecified atom stereocenters. The second-order valence-corrected chi connectivity index (χ2v) is 6.99. The van der Waals surface area contributed by atoms with Crippen LogP contribution in [0.3, 0.4) is 0 Å². The summed E-state index contributed by atoms with van der Waals surface area (Å²) in [5, 5.41) is 15.4.